The van der Waals surface area contributed by atoms with Crippen LogP contribution in [0.2, 0.25) is 0 Å². The van der Waals surface area contributed by atoms with Crippen LogP contribution in [0.4, 0.5) is 5.69 Å². The predicted molar refractivity (Wildman–Crippen MR) is 93.6 cm³/mol. The van der Waals surface area contributed by atoms with Crippen LogP contribution in [-0.2, 0) is 14.4 Å². The molecule has 1 aromatic carbocycles. The first-order valence-electron chi connectivity index (χ1n) is 7.78. The number of benzene rings is 1. The fraction of sp³-hybridized carbons (Fsp3) is 0.471. The van der Waals surface area contributed by atoms with Crippen molar-refractivity contribution >= 4 is 39.4 Å². The Morgan fingerprint density at radius 2 is 2.12 bits per heavy atom. The van der Waals surface area contributed by atoms with Crippen molar-refractivity contribution in [3.8, 4) is 0 Å². The van der Waals surface area contributed by atoms with Crippen molar-refractivity contribution in [3.63, 3.8) is 0 Å². The molecule has 2 N–H and O–H groups in total. The molecule has 0 aliphatic carbocycles. The van der Waals surface area contributed by atoms with Gasteiger partial charge in [-0.1, -0.05) is 22.0 Å². The molecule has 2 rings (SSSR count). The van der Waals surface area contributed by atoms with Crippen molar-refractivity contribution in [2.75, 3.05) is 18.0 Å². The van der Waals surface area contributed by atoms with E-state index in [2.05, 4.69) is 21.2 Å². The third-order valence-electron chi connectivity index (χ3n) is 4.24. The van der Waals surface area contributed by atoms with E-state index in [1.165, 1.54) is 0 Å². The first-order chi connectivity index (χ1) is 11.2. The summed E-state index contributed by atoms with van der Waals surface area (Å²) >= 11 is 3.37. The summed E-state index contributed by atoms with van der Waals surface area (Å²) in [6.45, 7) is 3.86. The fourth-order valence-corrected chi connectivity index (χ4v) is 2.91. The highest BCUT2D eigenvalue weighted by atomic mass is 79.9. The van der Waals surface area contributed by atoms with Gasteiger partial charge in [0.1, 0.15) is 0 Å². The molecule has 2 amide bonds. The van der Waals surface area contributed by atoms with Gasteiger partial charge in [0, 0.05) is 29.7 Å². The number of hydrogen-bond donors (Lipinski definition) is 2. The van der Waals surface area contributed by atoms with Crippen LogP contribution in [0, 0.1) is 11.3 Å². The number of nitrogens with one attached hydrogen (secondary N) is 1. The van der Waals surface area contributed by atoms with Crippen molar-refractivity contribution in [1.82, 2.24) is 5.32 Å². The molecule has 1 unspecified atom stereocenters. The van der Waals surface area contributed by atoms with E-state index < -0.39 is 17.3 Å². The van der Waals surface area contributed by atoms with Crippen LogP contribution < -0.4 is 10.2 Å². The molecule has 0 bridgehead atoms. The zero-order valence-corrected chi connectivity index (χ0v) is 15.3. The van der Waals surface area contributed by atoms with Crippen LogP contribution in [0.25, 0.3) is 0 Å². The normalized spacial score (nSPS) is 17.9. The molecule has 1 saturated heterocycles. The lowest BCUT2D eigenvalue weighted by Gasteiger charge is -2.20. The minimum Gasteiger partial charge on any atom is -0.481 e. The lowest BCUT2D eigenvalue weighted by Crippen LogP contribution is -2.36. The van der Waals surface area contributed by atoms with Crippen molar-refractivity contribution < 1.29 is 19.5 Å². The lowest BCUT2D eigenvalue weighted by atomic mass is 9.89. The summed E-state index contributed by atoms with van der Waals surface area (Å²) in [5.74, 6) is -1.60. The molecular weight excluding hydrogens is 376 g/mol. The van der Waals surface area contributed by atoms with Gasteiger partial charge in [-0.25, -0.2) is 0 Å². The Kier molecular flexibility index (Phi) is 5.64. The average Bonchev–Trinajstić information content (AvgIpc) is 2.89. The Balaban J connectivity index is 1.91. The van der Waals surface area contributed by atoms with Crippen molar-refractivity contribution in [1.29, 1.82) is 0 Å². The fourth-order valence-electron chi connectivity index (χ4n) is 2.53. The van der Waals surface area contributed by atoms with Crippen LogP contribution in [0.15, 0.2) is 28.7 Å². The molecule has 24 heavy (non-hydrogen) atoms. The minimum absolute atomic E-state index is 0.0842. The second-order valence-corrected chi connectivity index (χ2v) is 7.53. The van der Waals surface area contributed by atoms with Crippen LogP contribution in [0.5, 0.6) is 0 Å². The van der Waals surface area contributed by atoms with E-state index in [4.69, 9.17) is 5.11 Å². The number of halogens is 1. The van der Waals surface area contributed by atoms with Crippen LogP contribution in [0.3, 0.4) is 0 Å². The zero-order valence-electron chi connectivity index (χ0n) is 13.7. The second kappa shape index (κ2) is 7.34. The minimum atomic E-state index is -0.895. The lowest BCUT2D eigenvalue weighted by molar-refractivity contribution is -0.147. The average molecular weight is 397 g/mol. The van der Waals surface area contributed by atoms with Crippen molar-refractivity contribution in [3.05, 3.63) is 28.7 Å². The number of hydrogen-bond acceptors (Lipinski definition) is 3. The van der Waals surface area contributed by atoms with Gasteiger partial charge in [-0.15, -0.1) is 0 Å². The second-order valence-electron chi connectivity index (χ2n) is 6.62. The number of rotatable bonds is 6. The van der Waals surface area contributed by atoms with E-state index in [9.17, 15) is 14.4 Å². The van der Waals surface area contributed by atoms with E-state index in [1.54, 1.807) is 18.7 Å². The topological polar surface area (TPSA) is 86.7 Å². The molecule has 1 fully saturated rings. The van der Waals surface area contributed by atoms with Gasteiger partial charge in [0.05, 0.1) is 11.3 Å². The number of carbonyl (C=O) groups excluding carboxylic acids is 2. The highest BCUT2D eigenvalue weighted by molar-refractivity contribution is 9.10. The number of aliphatic carboxylic acids is 1. The van der Waals surface area contributed by atoms with Crippen LogP contribution in [-0.4, -0.2) is 36.0 Å². The number of carboxylic acid groups (broad SMARTS) is 1. The third-order valence-corrected chi connectivity index (χ3v) is 4.74. The molecule has 130 valence electrons. The highest BCUT2D eigenvalue weighted by Crippen LogP contribution is 2.27. The van der Waals surface area contributed by atoms with Gasteiger partial charge in [-0.3, -0.25) is 14.4 Å². The molecule has 1 aliphatic rings. The Morgan fingerprint density at radius 3 is 2.75 bits per heavy atom. The van der Waals surface area contributed by atoms with E-state index in [1.807, 2.05) is 24.3 Å². The first kappa shape index (κ1) is 18.4. The maximum atomic E-state index is 12.2. The summed E-state index contributed by atoms with van der Waals surface area (Å²) in [4.78, 5) is 37.1. The molecule has 0 saturated carbocycles. The molecule has 0 radical (unpaired) electrons. The van der Waals surface area contributed by atoms with Crippen molar-refractivity contribution in [2.45, 2.75) is 26.7 Å². The predicted octanol–water partition coefficient (Wildman–Crippen LogP) is 2.42. The Morgan fingerprint density at radius 1 is 1.42 bits per heavy atom. The molecule has 1 atom stereocenters. The van der Waals surface area contributed by atoms with E-state index in [0.29, 0.717) is 13.0 Å². The van der Waals surface area contributed by atoms with Gasteiger partial charge < -0.3 is 15.3 Å². The standard InChI is InChI=1S/C17H21BrN2O4/c1-17(2,16(23)24)6-7-19-15(22)11-8-14(21)20(10-11)13-5-3-4-12(18)9-13/h3-5,9,11H,6-8,10H2,1-2H3,(H,19,22)(H,23,24). The van der Waals surface area contributed by atoms with E-state index in [-0.39, 0.29) is 24.8 Å². The number of carbonyl (C=O) groups is 3. The number of nitrogens with zero attached hydrogens (tertiary/aromatic N) is 1. The van der Waals surface area contributed by atoms with E-state index >= 15 is 0 Å². The quantitative estimate of drug-likeness (QED) is 0.772. The smallest absolute Gasteiger partial charge is 0.309 e. The Bertz CT molecular complexity index is 660. The molecule has 0 spiro atoms. The number of carboxylic acids is 1. The summed E-state index contributed by atoms with van der Waals surface area (Å²) in [6, 6.07) is 7.39. The Labute approximate surface area is 149 Å². The molecule has 1 aromatic rings. The summed E-state index contributed by atoms with van der Waals surface area (Å²) in [7, 11) is 0. The molecule has 6 nitrogen and oxygen atoms in total. The third kappa shape index (κ3) is 4.35. The SMILES string of the molecule is CC(C)(CCNC(=O)C1CC(=O)N(c2cccc(Br)c2)C1)C(=O)O. The number of anilines is 1. The van der Waals surface area contributed by atoms with Gasteiger partial charge in [-0.2, -0.15) is 0 Å². The molecule has 7 heteroatoms. The maximum absolute atomic E-state index is 12.2. The van der Waals surface area contributed by atoms with Crippen molar-refractivity contribution in [2.24, 2.45) is 11.3 Å². The first-order valence-corrected chi connectivity index (χ1v) is 8.57. The monoisotopic (exact) mass is 396 g/mol. The summed E-state index contributed by atoms with van der Waals surface area (Å²) in [5, 5.41) is 11.8. The number of amides is 2. The summed E-state index contributed by atoms with van der Waals surface area (Å²) < 4.78 is 0.872. The van der Waals surface area contributed by atoms with Crippen LogP contribution in [0.1, 0.15) is 26.7 Å². The van der Waals surface area contributed by atoms with Gasteiger partial charge in [0.2, 0.25) is 11.8 Å². The molecule has 1 heterocycles. The Hall–Kier alpha value is -1.89. The van der Waals surface area contributed by atoms with Gasteiger partial charge in [-0.05, 0) is 38.5 Å². The maximum Gasteiger partial charge on any atom is 0.309 e. The molecule has 1 aliphatic heterocycles. The van der Waals surface area contributed by atoms with Gasteiger partial charge >= 0.3 is 5.97 Å². The largest absolute Gasteiger partial charge is 0.481 e. The highest BCUT2D eigenvalue weighted by Gasteiger charge is 2.35. The molecule has 0 aromatic heterocycles. The van der Waals surface area contributed by atoms with E-state index in [0.717, 1.165) is 10.2 Å². The van der Waals surface area contributed by atoms with Crippen LogP contribution >= 0.6 is 15.9 Å². The van der Waals surface area contributed by atoms with Gasteiger partial charge in [0.25, 0.3) is 0 Å². The summed E-state index contributed by atoms with van der Waals surface area (Å²) in [5.41, 5.74) is -0.127. The summed E-state index contributed by atoms with van der Waals surface area (Å²) in [6.07, 6.45) is 0.505. The zero-order chi connectivity index (χ0) is 17.9. The molecular formula is C17H21BrN2O4. The van der Waals surface area contributed by atoms with Gasteiger partial charge in [0.15, 0.2) is 0 Å².